The molecule has 2 heterocycles. The highest BCUT2D eigenvalue weighted by atomic mass is 35.5. The van der Waals surface area contributed by atoms with Gasteiger partial charge in [-0.15, -0.1) is 0 Å². The van der Waals surface area contributed by atoms with Gasteiger partial charge in [-0.1, -0.05) is 11.6 Å². The highest BCUT2D eigenvalue weighted by molar-refractivity contribution is 6.30. The molecule has 0 spiro atoms. The van der Waals surface area contributed by atoms with Gasteiger partial charge >= 0.3 is 23.9 Å². The van der Waals surface area contributed by atoms with Gasteiger partial charge in [0.1, 0.15) is 30.5 Å². The number of benzene rings is 2. The van der Waals surface area contributed by atoms with E-state index in [1.54, 1.807) is 49.4 Å². The van der Waals surface area contributed by atoms with E-state index in [4.69, 9.17) is 40.0 Å². The molecular formula is C36H40ClN3O13. The van der Waals surface area contributed by atoms with Gasteiger partial charge in [-0.2, -0.15) is 0 Å². The van der Waals surface area contributed by atoms with E-state index in [1.807, 2.05) is 0 Å². The summed E-state index contributed by atoms with van der Waals surface area (Å²) in [5, 5.41) is 6.23. The topological polar surface area (TPSA) is 204 Å². The molecule has 6 atom stereocenters. The smallest absolute Gasteiger partial charge is 0.305 e. The van der Waals surface area contributed by atoms with Gasteiger partial charge in [0.2, 0.25) is 18.1 Å². The number of nitrogens with zero attached hydrogens (tertiary/aromatic N) is 1. The molecule has 0 radical (unpaired) electrons. The molecule has 0 saturated carbocycles. The maximum absolute atomic E-state index is 13.7. The van der Waals surface area contributed by atoms with Crippen molar-refractivity contribution in [2.45, 2.75) is 84.6 Å². The summed E-state index contributed by atoms with van der Waals surface area (Å²) in [5.74, 6) is -4.47. The zero-order valence-corrected chi connectivity index (χ0v) is 30.8. The number of hydrogen-bond acceptors (Lipinski definition) is 13. The largest absolute Gasteiger partial charge is 0.497 e. The first-order chi connectivity index (χ1) is 25.0. The highest BCUT2D eigenvalue weighted by Gasteiger charge is 2.52. The van der Waals surface area contributed by atoms with E-state index in [2.05, 4.69) is 10.6 Å². The summed E-state index contributed by atoms with van der Waals surface area (Å²) < 4.78 is 33.9. The molecule has 1 aromatic heterocycles. The third-order valence-electron chi connectivity index (χ3n) is 8.24. The Morgan fingerprint density at radius 2 is 1.49 bits per heavy atom. The van der Waals surface area contributed by atoms with Gasteiger partial charge in [0.15, 0.2) is 12.2 Å². The fourth-order valence-corrected chi connectivity index (χ4v) is 6.05. The van der Waals surface area contributed by atoms with E-state index in [9.17, 15) is 33.6 Å². The van der Waals surface area contributed by atoms with Crippen LogP contribution < -0.4 is 15.4 Å². The maximum atomic E-state index is 13.7. The molecule has 2 amide bonds. The van der Waals surface area contributed by atoms with Crippen molar-refractivity contribution in [3.05, 3.63) is 64.3 Å². The van der Waals surface area contributed by atoms with Crippen molar-refractivity contribution in [3.8, 4) is 5.75 Å². The monoisotopic (exact) mass is 757 g/mol. The Bertz CT molecular complexity index is 1910. The number of hydrogen-bond donors (Lipinski definition) is 2. The zero-order chi connectivity index (χ0) is 39.1. The Morgan fingerprint density at radius 3 is 2.08 bits per heavy atom. The predicted octanol–water partition coefficient (Wildman–Crippen LogP) is 2.55. The Balaban J connectivity index is 1.60. The molecule has 1 aliphatic heterocycles. The normalized spacial score (nSPS) is 20.0. The number of halogens is 1. The van der Waals surface area contributed by atoms with Crippen LogP contribution in [0.5, 0.6) is 5.75 Å². The van der Waals surface area contributed by atoms with Crippen LogP contribution in [-0.4, -0.2) is 96.6 Å². The van der Waals surface area contributed by atoms with Crippen LogP contribution in [0.4, 0.5) is 0 Å². The zero-order valence-electron chi connectivity index (χ0n) is 30.1. The van der Waals surface area contributed by atoms with Crippen molar-refractivity contribution in [2.24, 2.45) is 0 Å². The molecule has 0 bridgehead atoms. The second kappa shape index (κ2) is 17.4. The average molecular weight is 758 g/mol. The molecule has 2 N–H and O–H groups in total. The fourth-order valence-electron chi connectivity index (χ4n) is 5.92. The van der Waals surface area contributed by atoms with E-state index < -0.39 is 79.0 Å². The Labute approximate surface area is 309 Å². The summed E-state index contributed by atoms with van der Waals surface area (Å²) in [5.41, 5.74) is 1.87. The van der Waals surface area contributed by atoms with E-state index in [1.165, 1.54) is 18.6 Å². The van der Waals surface area contributed by atoms with Gasteiger partial charge in [-0.05, 0) is 61.9 Å². The minimum atomic E-state index is -1.61. The lowest BCUT2D eigenvalue weighted by molar-refractivity contribution is -0.271. The summed E-state index contributed by atoms with van der Waals surface area (Å²) in [6.07, 6.45) is -6.07. The van der Waals surface area contributed by atoms with Crippen molar-refractivity contribution < 1.29 is 62.0 Å². The molecule has 17 heteroatoms. The van der Waals surface area contributed by atoms with Crippen molar-refractivity contribution in [1.29, 1.82) is 0 Å². The van der Waals surface area contributed by atoms with Gasteiger partial charge in [0.05, 0.1) is 19.0 Å². The van der Waals surface area contributed by atoms with Crippen LogP contribution in [0.2, 0.25) is 5.02 Å². The molecule has 0 unspecified atom stereocenters. The fraction of sp³-hybridized carbons (Fsp3) is 0.417. The first-order valence-corrected chi connectivity index (χ1v) is 16.8. The molecule has 2 aromatic carbocycles. The van der Waals surface area contributed by atoms with Gasteiger partial charge in [-0.25, -0.2) is 0 Å². The lowest BCUT2D eigenvalue weighted by Gasteiger charge is -2.44. The van der Waals surface area contributed by atoms with Gasteiger partial charge in [-0.3, -0.25) is 38.1 Å². The van der Waals surface area contributed by atoms with E-state index in [0.29, 0.717) is 38.5 Å². The molecule has 16 nitrogen and oxygen atoms in total. The minimum absolute atomic E-state index is 0.251. The van der Waals surface area contributed by atoms with Crippen molar-refractivity contribution >= 4 is 64.1 Å². The van der Waals surface area contributed by atoms with Crippen molar-refractivity contribution in [2.75, 3.05) is 13.7 Å². The first kappa shape index (κ1) is 40.3. The average Bonchev–Trinajstić information content (AvgIpc) is 3.35. The molecule has 3 aromatic rings. The first-order valence-electron chi connectivity index (χ1n) is 16.4. The number of nitrogens with one attached hydrogen (secondary N) is 2. The van der Waals surface area contributed by atoms with Crippen molar-refractivity contribution in [3.63, 3.8) is 0 Å². The highest BCUT2D eigenvalue weighted by Crippen LogP contribution is 2.31. The Hall–Kier alpha value is -5.48. The third-order valence-corrected chi connectivity index (χ3v) is 8.49. The molecule has 0 aliphatic carbocycles. The lowest BCUT2D eigenvalue weighted by Crippen LogP contribution is -2.68. The van der Waals surface area contributed by atoms with Crippen LogP contribution in [0.3, 0.4) is 0 Å². The summed E-state index contributed by atoms with van der Waals surface area (Å²) in [6.45, 7) is 6.95. The van der Waals surface area contributed by atoms with Crippen LogP contribution in [0.25, 0.3) is 10.9 Å². The Kier molecular flexibility index (Phi) is 13.2. The third kappa shape index (κ3) is 9.90. The van der Waals surface area contributed by atoms with E-state index in [-0.39, 0.29) is 12.3 Å². The molecule has 53 heavy (non-hydrogen) atoms. The van der Waals surface area contributed by atoms with Crippen LogP contribution in [0.15, 0.2) is 42.5 Å². The van der Waals surface area contributed by atoms with E-state index >= 15 is 0 Å². The quantitative estimate of drug-likeness (QED) is 0.202. The van der Waals surface area contributed by atoms with Gasteiger partial charge < -0.3 is 39.1 Å². The second-order valence-electron chi connectivity index (χ2n) is 12.2. The number of ether oxygens (including phenoxy) is 6. The summed E-state index contributed by atoms with van der Waals surface area (Å²) in [6, 6.07) is 8.79. The molecule has 284 valence electrons. The minimum Gasteiger partial charge on any atom is -0.497 e. The number of esters is 4. The van der Waals surface area contributed by atoms with Crippen LogP contribution in [0, 0.1) is 6.92 Å². The number of carbonyl (C=O) groups is 7. The molecule has 4 rings (SSSR count). The summed E-state index contributed by atoms with van der Waals surface area (Å²) >= 11 is 6.02. The molecule has 1 saturated heterocycles. The van der Waals surface area contributed by atoms with Crippen molar-refractivity contribution in [1.82, 2.24) is 15.2 Å². The SMILES string of the molecule is COc1ccc2c(c1)c(CC(=O)N[C@@H](C)C(=O)N[C@H]1[C@H](OC(C)=O)O[C@H](COC(C)=O)[C@@H](OC(C)=O)[C@@H]1OC(C)=O)c(C)n2C(=O)c1ccc(Cl)cc1. The maximum Gasteiger partial charge on any atom is 0.305 e. The number of amides is 2. The summed E-state index contributed by atoms with van der Waals surface area (Å²) in [7, 11) is 1.49. The Morgan fingerprint density at radius 1 is 0.868 bits per heavy atom. The number of rotatable bonds is 12. The second-order valence-corrected chi connectivity index (χ2v) is 12.6. The molecular weight excluding hydrogens is 718 g/mol. The van der Waals surface area contributed by atoms with Gasteiger partial charge in [0.25, 0.3) is 5.91 Å². The predicted molar refractivity (Wildman–Crippen MR) is 186 cm³/mol. The number of fused-ring (bicyclic) bond motifs is 1. The van der Waals surface area contributed by atoms with Crippen LogP contribution in [-0.2, 0) is 58.9 Å². The number of methoxy groups -OCH3 is 1. The number of carbonyl (C=O) groups excluding carboxylic acids is 7. The summed E-state index contributed by atoms with van der Waals surface area (Å²) in [4.78, 5) is 88.7. The molecule has 1 aliphatic rings. The van der Waals surface area contributed by atoms with Gasteiger partial charge in [0, 0.05) is 49.4 Å². The number of aromatic nitrogens is 1. The standard InChI is InChI=1S/C36H40ClN3O13/c1-17(34(46)39-31-33(51-21(5)43)32(50-20(4)42)29(16-49-19(3)41)53-36(31)52-22(6)44)38-30(45)15-26-18(2)40(28-13-12-25(48-7)14-27(26)28)35(47)23-8-10-24(37)11-9-23/h8-14,17,29,31-33,36H,15-16H2,1-7H3,(H,38,45)(H,39,46)/t17-,29+,31+,32+,33+,36+/m0/s1. The molecule has 1 fully saturated rings. The van der Waals surface area contributed by atoms with Crippen LogP contribution in [0.1, 0.15) is 56.2 Å². The van der Waals surface area contributed by atoms with Crippen LogP contribution >= 0.6 is 11.6 Å². The van der Waals surface area contributed by atoms with E-state index in [0.717, 1.165) is 27.7 Å². The lowest BCUT2D eigenvalue weighted by atomic mass is 9.95.